The molecule has 0 atom stereocenters. The summed E-state index contributed by atoms with van der Waals surface area (Å²) < 4.78 is 42.0. The molecule has 0 saturated heterocycles. The van der Waals surface area contributed by atoms with Gasteiger partial charge in [-0.15, -0.1) is 5.10 Å². The molecular formula is C19H17FN4O2S2. The van der Waals surface area contributed by atoms with Gasteiger partial charge in [0.2, 0.25) is 15.0 Å². The molecule has 0 radical (unpaired) electrons. The third-order valence-electron chi connectivity index (χ3n) is 4.31. The molecule has 144 valence electrons. The van der Waals surface area contributed by atoms with Crippen LogP contribution >= 0.6 is 11.3 Å². The lowest BCUT2D eigenvalue weighted by Gasteiger charge is -2.06. The second-order valence-electron chi connectivity index (χ2n) is 6.21. The van der Waals surface area contributed by atoms with Crippen LogP contribution in [0.15, 0.2) is 59.5 Å². The quantitative estimate of drug-likeness (QED) is 0.523. The molecule has 0 aliphatic rings. The predicted molar refractivity (Wildman–Crippen MR) is 106 cm³/mol. The Balaban J connectivity index is 1.48. The average Bonchev–Trinajstić information content (AvgIpc) is 3.23. The number of halogens is 1. The highest BCUT2D eigenvalue weighted by Gasteiger charge is 2.16. The molecule has 2 aromatic heterocycles. The minimum atomic E-state index is -3.52. The molecule has 6 nitrogen and oxygen atoms in total. The van der Waals surface area contributed by atoms with Gasteiger partial charge < -0.3 is 0 Å². The van der Waals surface area contributed by atoms with Crippen molar-refractivity contribution in [2.45, 2.75) is 18.2 Å². The first-order valence-corrected chi connectivity index (χ1v) is 10.9. The van der Waals surface area contributed by atoms with Crippen molar-refractivity contribution < 1.29 is 12.8 Å². The second kappa shape index (κ2) is 7.42. The Morgan fingerprint density at radius 1 is 1.11 bits per heavy atom. The van der Waals surface area contributed by atoms with Crippen LogP contribution in [0.3, 0.4) is 0 Å². The Morgan fingerprint density at radius 3 is 2.50 bits per heavy atom. The number of thiazole rings is 1. The summed E-state index contributed by atoms with van der Waals surface area (Å²) in [6, 6.07) is 14.3. The number of sulfonamides is 1. The van der Waals surface area contributed by atoms with Gasteiger partial charge in [0.05, 0.1) is 10.6 Å². The number of aromatic nitrogens is 3. The van der Waals surface area contributed by atoms with E-state index in [1.165, 1.54) is 23.5 Å². The van der Waals surface area contributed by atoms with Crippen LogP contribution in [-0.4, -0.2) is 29.6 Å². The van der Waals surface area contributed by atoms with E-state index < -0.39 is 10.0 Å². The van der Waals surface area contributed by atoms with Gasteiger partial charge in [0.1, 0.15) is 5.82 Å². The molecule has 0 aliphatic heterocycles. The van der Waals surface area contributed by atoms with E-state index in [9.17, 15) is 12.8 Å². The van der Waals surface area contributed by atoms with Gasteiger partial charge in [-0.2, -0.15) is 4.98 Å². The number of benzene rings is 2. The normalized spacial score (nSPS) is 11.9. The third kappa shape index (κ3) is 3.68. The molecular weight excluding hydrogens is 399 g/mol. The van der Waals surface area contributed by atoms with E-state index in [0.717, 1.165) is 21.1 Å². The Bertz CT molecular complexity index is 1220. The van der Waals surface area contributed by atoms with Crippen LogP contribution in [0.2, 0.25) is 0 Å². The number of fused-ring (bicyclic) bond motifs is 1. The van der Waals surface area contributed by atoms with Crippen LogP contribution in [0.5, 0.6) is 0 Å². The number of nitrogens with one attached hydrogen (secondary N) is 1. The summed E-state index contributed by atoms with van der Waals surface area (Å²) in [5.74, 6) is 0.229. The van der Waals surface area contributed by atoms with Crippen molar-refractivity contribution in [3.63, 3.8) is 0 Å². The van der Waals surface area contributed by atoms with Crippen molar-refractivity contribution in [2.24, 2.45) is 0 Å². The maximum Gasteiger partial charge on any atom is 0.240 e. The molecule has 2 aromatic carbocycles. The fourth-order valence-corrected chi connectivity index (χ4v) is 4.93. The van der Waals surface area contributed by atoms with Gasteiger partial charge in [0.25, 0.3) is 0 Å². The molecule has 4 rings (SSSR count). The van der Waals surface area contributed by atoms with E-state index >= 15 is 0 Å². The zero-order valence-electron chi connectivity index (χ0n) is 15.0. The minimum absolute atomic E-state index is 0.248. The maximum atomic E-state index is 13.1. The number of hydrogen-bond acceptors (Lipinski definition) is 5. The highest BCUT2D eigenvalue weighted by atomic mass is 32.2. The zero-order valence-corrected chi connectivity index (χ0v) is 16.6. The summed E-state index contributed by atoms with van der Waals surface area (Å²) in [5, 5.41) is 4.49. The summed E-state index contributed by atoms with van der Waals surface area (Å²) in [5.41, 5.74) is 1.66. The van der Waals surface area contributed by atoms with Gasteiger partial charge in [0, 0.05) is 17.0 Å². The van der Waals surface area contributed by atoms with Gasteiger partial charge in [-0.05, 0) is 49.7 Å². The highest BCUT2D eigenvalue weighted by Crippen LogP contribution is 2.25. The predicted octanol–water partition coefficient (Wildman–Crippen LogP) is 3.43. The molecule has 0 unspecified atom stereocenters. The molecule has 0 amide bonds. The van der Waals surface area contributed by atoms with E-state index in [4.69, 9.17) is 0 Å². The van der Waals surface area contributed by atoms with E-state index in [-0.39, 0.29) is 17.3 Å². The van der Waals surface area contributed by atoms with Crippen molar-refractivity contribution in [2.75, 3.05) is 6.54 Å². The Kier molecular flexibility index (Phi) is 4.96. The Labute approximate surface area is 165 Å². The van der Waals surface area contributed by atoms with Crippen LogP contribution < -0.4 is 4.72 Å². The lowest BCUT2D eigenvalue weighted by Crippen LogP contribution is -2.25. The van der Waals surface area contributed by atoms with Gasteiger partial charge >= 0.3 is 0 Å². The third-order valence-corrected chi connectivity index (χ3v) is 6.98. The van der Waals surface area contributed by atoms with Crippen LogP contribution in [-0.2, 0) is 16.4 Å². The molecule has 0 saturated carbocycles. The SMILES string of the molecule is Cc1c(CCNS(=O)(=O)c2ccccc2)sc2nc(-c3ccc(F)cc3)nn12. The standard InChI is InChI=1S/C19H17FN4O2S2/c1-13-17(11-12-21-28(25,26)16-5-3-2-4-6-16)27-19-22-18(23-24(13)19)14-7-9-15(20)10-8-14/h2-10,21H,11-12H2,1H3. The van der Waals surface area contributed by atoms with Crippen LogP contribution in [0.4, 0.5) is 4.39 Å². The Hall–Kier alpha value is -2.62. The Morgan fingerprint density at radius 2 is 1.82 bits per heavy atom. The number of nitrogens with zero attached hydrogens (tertiary/aromatic N) is 3. The number of hydrogen-bond donors (Lipinski definition) is 1. The fourth-order valence-electron chi connectivity index (χ4n) is 2.82. The van der Waals surface area contributed by atoms with Crippen LogP contribution in [0.1, 0.15) is 10.6 Å². The lowest BCUT2D eigenvalue weighted by molar-refractivity contribution is 0.581. The van der Waals surface area contributed by atoms with Crippen molar-refractivity contribution in [3.8, 4) is 11.4 Å². The topological polar surface area (TPSA) is 76.4 Å². The molecule has 1 N–H and O–H groups in total. The summed E-state index contributed by atoms with van der Waals surface area (Å²) in [6.45, 7) is 2.21. The van der Waals surface area contributed by atoms with Gasteiger partial charge in [-0.1, -0.05) is 29.5 Å². The maximum absolute atomic E-state index is 13.1. The van der Waals surface area contributed by atoms with E-state index in [1.807, 2.05) is 6.92 Å². The zero-order chi connectivity index (χ0) is 19.7. The summed E-state index contributed by atoms with van der Waals surface area (Å²) in [6.07, 6.45) is 0.541. The second-order valence-corrected chi connectivity index (χ2v) is 9.04. The first-order valence-electron chi connectivity index (χ1n) is 8.60. The van der Waals surface area contributed by atoms with Gasteiger partial charge in [-0.25, -0.2) is 22.0 Å². The molecule has 0 fully saturated rings. The monoisotopic (exact) mass is 416 g/mol. The average molecular weight is 417 g/mol. The fraction of sp³-hybridized carbons (Fsp3) is 0.158. The molecule has 28 heavy (non-hydrogen) atoms. The van der Waals surface area contributed by atoms with Crippen molar-refractivity contribution in [1.82, 2.24) is 19.3 Å². The summed E-state index contributed by atoms with van der Waals surface area (Å²) >= 11 is 1.47. The number of aryl methyl sites for hydroxylation is 1. The highest BCUT2D eigenvalue weighted by molar-refractivity contribution is 7.89. The molecule has 2 heterocycles. The number of rotatable bonds is 6. The van der Waals surface area contributed by atoms with Crippen molar-refractivity contribution in [1.29, 1.82) is 0 Å². The largest absolute Gasteiger partial charge is 0.240 e. The molecule has 0 bridgehead atoms. The van der Waals surface area contributed by atoms with E-state index in [0.29, 0.717) is 12.2 Å². The van der Waals surface area contributed by atoms with Crippen LogP contribution in [0, 0.1) is 12.7 Å². The summed E-state index contributed by atoms with van der Waals surface area (Å²) in [4.78, 5) is 6.49. The molecule has 9 heteroatoms. The van der Waals surface area contributed by atoms with Gasteiger partial charge in [0.15, 0.2) is 5.82 Å². The van der Waals surface area contributed by atoms with Crippen molar-refractivity contribution in [3.05, 3.63) is 71.0 Å². The molecule has 0 aliphatic carbocycles. The van der Waals surface area contributed by atoms with E-state index in [1.54, 1.807) is 47.0 Å². The van der Waals surface area contributed by atoms with Crippen molar-refractivity contribution >= 4 is 26.3 Å². The first kappa shape index (κ1) is 18.7. The molecule has 4 aromatic rings. The van der Waals surface area contributed by atoms with Gasteiger partial charge in [-0.3, -0.25) is 0 Å². The lowest BCUT2D eigenvalue weighted by atomic mass is 10.2. The van der Waals surface area contributed by atoms with Crippen LogP contribution in [0.25, 0.3) is 16.3 Å². The first-order chi connectivity index (χ1) is 13.4. The van der Waals surface area contributed by atoms with E-state index in [2.05, 4.69) is 14.8 Å². The minimum Gasteiger partial charge on any atom is -0.211 e. The smallest absolute Gasteiger partial charge is 0.211 e. The summed E-state index contributed by atoms with van der Waals surface area (Å²) in [7, 11) is -3.52. The molecule has 0 spiro atoms.